The summed E-state index contributed by atoms with van der Waals surface area (Å²) in [5.41, 5.74) is 1.11. The maximum atomic E-state index is 12.6. The van der Waals surface area contributed by atoms with Gasteiger partial charge in [-0.05, 0) is 49.9 Å². The molecule has 1 saturated carbocycles. The van der Waals surface area contributed by atoms with E-state index in [1.54, 1.807) is 23.0 Å². The molecule has 1 aliphatic carbocycles. The monoisotopic (exact) mass is 380 g/mol. The number of imidazole rings is 1. The van der Waals surface area contributed by atoms with E-state index in [1.807, 2.05) is 24.3 Å². The summed E-state index contributed by atoms with van der Waals surface area (Å²) in [4.78, 5) is 16.8. The molecular weight excluding hydrogens is 360 g/mol. The zero-order chi connectivity index (χ0) is 18.9. The second kappa shape index (κ2) is 7.03. The van der Waals surface area contributed by atoms with E-state index in [2.05, 4.69) is 15.4 Å². The lowest BCUT2D eigenvalue weighted by Crippen LogP contribution is -2.40. The van der Waals surface area contributed by atoms with Crippen LogP contribution in [0, 0.1) is 0 Å². The normalized spacial score (nSPS) is 20.9. The predicted octanol–water partition coefficient (Wildman–Crippen LogP) is 2.58. The Hall–Kier alpha value is -3.29. The highest BCUT2D eigenvalue weighted by Gasteiger charge is 2.25. The van der Waals surface area contributed by atoms with Crippen LogP contribution in [0.2, 0.25) is 0 Å². The Kier molecular flexibility index (Phi) is 4.23. The minimum Gasteiger partial charge on any atom is -0.490 e. The average Bonchev–Trinajstić information content (AvgIpc) is 3.36. The molecule has 0 atom stereocenters. The molecule has 28 heavy (non-hydrogen) atoms. The molecule has 8 nitrogen and oxygen atoms in total. The van der Waals surface area contributed by atoms with Crippen molar-refractivity contribution in [1.29, 1.82) is 0 Å². The molecule has 0 saturated heterocycles. The molecule has 5 rings (SSSR count). The summed E-state index contributed by atoms with van der Waals surface area (Å²) in [7, 11) is 0. The lowest BCUT2D eigenvalue weighted by molar-refractivity contribution is 0.0886. The van der Waals surface area contributed by atoms with Crippen LogP contribution in [-0.2, 0) is 0 Å². The van der Waals surface area contributed by atoms with Crippen molar-refractivity contribution in [3.05, 3.63) is 48.4 Å². The standard InChI is InChI=1S/C20H20N4O4/c25-20(16-11-21-19-2-1-9-22-24(16)19)23-13-3-5-14(6-4-13)28-15-7-8-17-18(10-15)27-12-26-17/h1-2,7-11,13-14H,3-6,12H2,(H,23,25). The number of aromatic nitrogens is 3. The maximum Gasteiger partial charge on any atom is 0.271 e. The molecule has 2 aromatic heterocycles. The Morgan fingerprint density at radius 1 is 1.14 bits per heavy atom. The van der Waals surface area contributed by atoms with E-state index >= 15 is 0 Å². The summed E-state index contributed by atoms with van der Waals surface area (Å²) in [5, 5.41) is 7.29. The lowest BCUT2D eigenvalue weighted by atomic mass is 9.93. The van der Waals surface area contributed by atoms with Gasteiger partial charge in [0.25, 0.3) is 5.91 Å². The molecule has 0 unspecified atom stereocenters. The van der Waals surface area contributed by atoms with Crippen LogP contribution in [0.1, 0.15) is 36.2 Å². The number of rotatable bonds is 4. The first-order chi connectivity index (χ1) is 13.8. The van der Waals surface area contributed by atoms with E-state index in [4.69, 9.17) is 14.2 Å². The molecule has 1 aliphatic heterocycles. The van der Waals surface area contributed by atoms with E-state index in [0.717, 1.165) is 42.9 Å². The van der Waals surface area contributed by atoms with Gasteiger partial charge in [0.1, 0.15) is 11.4 Å². The maximum absolute atomic E-state index is 12.6. The molecule has 0 bridgehead atoms. The van der Waals surface area contributed by atoms with E-state index in [-0.39, 0.29) is 24.8 Å². The Morgan fingerprint density at radius 2 is 2.00 bits per heavy atom. The van der Waals surface area contributed by atoms with Crippen molar-refractivity contribution < 1.29 is 19.0 Å². The Labute approximate surface area is 161 Å². The highest BCUT2D eigenvalue weighted by atomic mass is 16.7. The molecule has 2 aliphatic rings. The van der Waals surface area contributed by atoms with Gasteiger partial charge in [-0.2, -0.15) is 5.10 Å². The number of amides is 1. The summed E-state index contributed by atoms with van der Waals surface area (Å²) in [6, 6.07) is 9.38. The SMILES string of the molecule is O=C(NC1CCC(Oc2ccc3c(c2)OCO3)CC1)c1cnc2cccnn12. The minimum absolute atomic E-state index is 0.123. The van der Waals surface area contributed by atoms with E-state index in [9.17, 15) is 4.79 Å². The highest BCUT2D eigenvalue weighted by molar-refractivity contribution is 5.93. The van der Waals surface area contributed by atoms with Crippen molar-refractivity contribution in [2.75, 3.05) is 6.79 Å². The second-order valence-corrected chi connectivity index (χ2v) is 7.02. The van der Waals surface area contributed by atoms with Gasteiger partial charge in [0.2, 0.25) is 6.79 Å². The van der Waals surface area contributed by atoms with Gasteiger partial charge in [-0.3, -0.25) is 4.79 Å². The number of nitrogens with zero attached hydrogens (tertiary/aromatic N) is 3. The van der Waals surface area contributed by atoms with E-state index in [1.165, 1.54) is 0 Å². The topological polar surface area (TPSA) is 87.0 Å². The molecule has 8 heteroatoms. The fourth-order valence-electron chi connectivity index (χ4n) is 3.71. The second-order valence-electron chi connectivity index (χ2n) is 7.02. The zero-order valence-corrected chi connectivity index (χ0v) is 15.2. The molecule has 3 heterocycles. The molecule has 0 spiro atoms. The highest BCUT2D eigenvalue weighted by Crippen LogP contribution is 2.36. The van der Waals surface area contributed by atoms with Gasteiger partial charge in [0.15, 0.2) is 17.1 Å². The number of carbonyl (C=O) groups is 1. The van der Waals surface area contributed by atoms with Crippen molar-refractivity contribution >= 4 is 11.6 Å². The van der Waals surface area contributed by atoms with Gasteiger partial charge < -0.3 is 19.5 Å². The summed E-state index contributed by atoms with van der Waals surface area (Å²) < 4.78 is 18.4. The van der Waals surface area contributed by atoms with Crippen LogP contribution in [-0.4, -0.2) is 39.4 Å². The van der Waals surface area contributed by atoms with Gasteiger partial charge in [-0.1, -0.05) is 0 Å². The largest absolute Gasteiger partial charge is 0.490 e. The van der Waals surface area contributed by atoms with Gasteiger partial charge in [0.05, 0.1) is 12.3 Å². The molecule has 1 N–H and O–H groups in total. The average molecular weight is 380 g/mol. The van der Waals surface area contributed by atoms with Gasteiger partial charge in [-0.15, -0.1) is 0 Å². The number of hydrogen-bond donors (Lipinski definition) is 1. The number of ether oxygens (including phenoxy) is 3. The third kappa shape index (κ3) is 3.21. The van der Waals surface area contributed by atoms with Crippen LogP contribution in [0.3, 0.4) is 0 Å². The first kappa shape index (κ1) is 16.9. The predicted molar refractivity (Wildman–Crippen MR) is 99.7 cm³/mol. The first-order valence-electron chi connectivity index (χ1n) is 9.42. The van der Waals surface area contributed by atoms with Crippen molar-refractivity contribution in [2.24, 2.45) is 0 Å². The van der Waals surface area contributed by atoms with Gasteiger partial charge in [-0.25, -0.2) is 9.50 Å². The number of hydrogen-bond acceptors (Lipinski definition) is 6. The molecular formula is C20H20N4O4. The molecule has 144 valence electrons. The molecule has 0 radical (unpaired) electrons. The number of carbonyl (C=O) groups excluding carboxylic acids is 1. The summed E-state index contributed by atoms with van der Waals surface area (Å²) >= 11 is 0. The van der Waals surface area contributed by atoms with Gasteiger partial charge >= 0.3 is 0 Å². The molecule has 1 fully saturated rings. The zero-order valence-electron chi connectivity index (χ0n) is 15.2. The van der Waals surface area contributed by atoms with Crippen LogP contribution in [0.25, 0.3) is 5.65 Å². The lowest BCUT2D eigenvalue weighted by Gasteiger charge is -2.29. The summed E-state index contributed by atoms with van der Waals surface area (Å²) in [6.45, 7) is 0.256. The smallest absolute Gasteiger partial charge is 0.271 e. The Balaban J connectivity index is 1.16. The van der Waals surface area contributed by atoms with Crippen LogP contribution in [0.5, 0.6) is 17.2 Å². The first-order valence-corrected chi connectivity index (χ1v) is 9.42. The fraction of sp³-hybridized carbons (Fsp3) is 0.350. The van der Waals surface area contributed by atoms with Crippen molar-refractivity contribution in [3.8, 4) is 17.2 Å². The third-order valence-corrected chi connectivity index (χ3v) is 5.17. The van der Waals surface area contributed by atoms with Crippen LogP contribution >= 0.6 is 0 Å². The van der Waals surface area contributed by atoms with Crippen molar-refractivity contribution in [2.45, 2.75) is 37.8 Å². The molecule has 1 aromatic carbocycles. The quantitative estimate of drug-likeness (QED) is 0.749. The van der Waals surface area contributed by atoms with Gasteiger partial charge in [0, 0.05) is 18.3 Å². The van der Waals surface area contributed by atoms with Crippen LogP contribution < -0.4 is 19.5 Å². The summed E-state index contributed by atoms with van der Waals surface area (Å²) in [5.74, 6) is 2.11. The summed E-state index contributed by atoms with van der Waals surface area (Å²) in [6.07, 6.45) is 6.83. The molecule has 1 amide bonds. The minimum atomic E-state index is -0.147. The van der Waals surface area contributed by atoms with Crippen molar-refractivity contribution in [3.63, 3.8) is 0 Å². The van der Waals surface area contributed by atoms with E-state index in [0.29, 0.717) is 11.3 Å². The Bertz CT molecular complexity index is 1010. The number of fused-ring (bicyclic) bond motifs is 2. The van der Waals surface area contributed by atoms with E-state index < -0.39 is 0 Å². The fourth-order valence-corrected chi connectivity index (χ4v) is 3.71. The third-order valence-electron chi connectivity index (χ3n) is 5.17. The van der Waals surface area contributed by atoms with Crippen LogP contribution in [0.4, 0.5) is 0 Å². The molecule has 3 aromatic rings. The number of nitrogens with one attached hydrogen (secondary N) is 1. The Morgan fingerprint density at radius 3 is 2.89 bits per heavy atom. The van der Waals surface area contributed by atoms with Crippen molar-refractivity contribution in [1.82, 2.24) is 19.9 Å². The van der Waals surface area contributed by atoms with Crippen LogP contribution in [0.15, 0.2) is 42.7 Å². The number of benzene rings is 1.